The summed E-state index contributed by atoms with van der Waals surface area (Å²) < 4.78 is 65.9. The summed E-state index contributed by atoms with van der Waals surface area (Å²) in [5.74, 6) is -6.90. The Labute approximate surface area is 106 Å². The maximum absolute atomic E-state index is 12.7. The lowest BCUT2D eigenvalue weighted by Crippen LogP contribution is -2.44. The van der Waals surface area contributed by atoms with Crippen molar-refractivity contribution in [3.8, 4) is 5.75 Å². The zero-order valence-corrected chi connectivity index (χ0v) is 9.93. The highest BCUT2D eigenvalue weighted by atomic mass is 19.4. The van der Waals surface area contributed by atoms with Crippen LogP contribution in [0.4, 0.5) is 22.0 Å². The molecule has 0 bridgehead atoms. The number of hydrogen-bond acceptors (Lipinski definition) is 2. The Morgan fingerprint density at radius 3 is 2.05 bits per heavy atom. The van der Waals surface area contributed by atoms with Crippen LogP contribution in [-0.2, 0) is 11.2 Å². The molecule has 0 spiro atoms. The fourth-order valence-electron chi connectivity index (χ4n) is 1.37. The molecule has 19 heavy (non-hydrogen) atoms. The van der Waals surface area contributed by atoms with Gasteiger partial charge in [-0.15, -0.1) is 0 Å². The molecule has 0 aliphatic heterocycles. The number of aryl methyl sites for hydroxylation is 1. The molecule has 0 heterocycles. The second-order valence-corrected chi connectivity index (χ2v) is 3.84. The molecule has 7 heteroatoms. The molecule has 0 atom stereocenters. The van der Waals surface area contributed by atoms with Gasteiger partial charge >= 0.3 is 12.1 Å². The SMILES string of the molecule is COc1ccc(CCC(=O)C(F)(F)C(F)(F)F)cc1. The minimum absolute atomic E-state index is 0.186. The molecule has 0 saturated heterocycles. The highest BCUT2D eigenvalue weighted by molar-refractivity contribution is 5.86. The number of methoxy groups -OCH3 is 1. The van der Waals surface area contributed by atoms with E-state index in [1.165, 1.54) is 31.4 Å². The zero-order chi connectivity index (χ0) is 14.7. The van der Waals surface area contributed by atoms with Gasteiger partial charge in [0, 0.05) is 6.42 Å². The number of carbonyl (C=O) groups excluding carboxylic acids is 1. The van der Waals surface area contributed by atoms with E-state index in [-0.39, 0.29) is 6.42 Å². The number of hydrogen-bond donors (Lipinski definition) is 0. The highest BCUT2D eigenvalue weighted by Gasteiger charge is 2.62. The lowest BCUT2D eigenvalue weighted by Gasteiger charge is -2.17. The summed E-state index contributed by atoms with van der Waals surface area (Å²) in [6.07, 6.45) is -6.91. The number of benzene rings is 1. The van der Waals surface area contributed by atoms with E-state index in [2.05, 4.69) is 0 Å². The number of alkyl halides is 5. The standard InChI is InChI=1S/C12H11F5O2/c1-19-9-5-2-8(3-6-9)4-7-10(18)11(13,14)12(15,16)17/h2-3,5-6H,4,7H2,1H3. The average molecular weight is 282 g/mol. The quantitative estimate of drug-likeness (QED) is 0.774. The summed E-state index contributed by atoms with van der Waals surface area (Å²) >= 11 is 0. The summed E-state index contributed by atoms with van der Waals surface area (Å²) in [4.78, 5) is 10.9. The predicted molar refractivity (Wildman–Crippen MR) is 57.3 cm³/mol. The van der Waals surface area contributed by atoms with Crippen molar-refractivity contribution in [3.63, 3.8) is 0 Å². The normalized spacial score (nSPS) is 12.3. The number of Topliss-reactive ketones (excluding diaryl/α,β-unsaturated/α-hetero) is 1. The van der Waals surface area contributed by atoms with Crippen molar-refractivity contribution in [3.05, 3.63) is 29.8 Å². The molecular weight excluding hydrogens is 271 g/mol. The largest absolute Gasteiger partial charge is 0.497 e. The van der Waals surface area contributed by atoms with Crippen molar-refractivity contribution in [2.75, 3.05) is 7.11 Å². The number of ketones is 1. The van der Waals surface area contributed by atoms with Crippen LogP contribution in [0.15, 0.2) is 24.3 Å². The van der Waals surface area contributed by atoms with Crippen LogP contribution in [-0.4, -0.2) is 25.0 Å². The first-order chi connectivity index (χ1) is 8.68. The minimum Gasteiger partial charge on any atom is -0.497 e. The molecule has 0 aromatic heterocycles. The van der Waals surface area contributed by atoms with Crippen LogP contribution in [0, 0.1) is 0 Å². The molecule has 1 rings (SSSR count). The molecule has 1 aromatic rings. The molecular formula is C12H11F5O2. The summed E-state index contributed by atoms with van der Waals surface area (Å²) in [5, 5.41) is 0. The summed E-state index contributed by atoms with van der Waals surface area (Å²) in [6.45, 7) is 0. The number of halogens is 5. The zero-order valence-electron chi connectivity index (χ0n) is 9.93. The van der Waals surface area contributed by atoms with Gasteiger partial charge in [-0.25, -0.2) is 0 Å². The van der Waals surface area contributed by atoms with Crippen molar-refractivity contribution in [2.24, 2.45) is 0 Å². The molecule has 0 N–H and O–H groups in total. The van der Waals surface area contributed by atoms with Crippen LogP contribution in [0.2, 0.25) is 0 Å². The van der Waals surface area contributed by atoms with Crippen molar-refractivity contribution in [2.45, 2.75) is 24.9 Å². The van der Waals surface area contributed by atoms with Crippen LogP contribution in [0.25, 0.3) is 0 Å². The van der Waals surface area contributed by atoms with Gasteiger partial charge in [-0.05, 0) is 24.1 Å². The summed E-state index contributed by atoms with van der Waals surface area (Å²) in [6, 6.07) is 6.05. The van der Waals surface area contributed by atoms with E-state index in [9.17, 15) is 26.7 Å². The Bertz CT molecular complexity index is 436. The summed E-state index contributed by atoms with van der Waals surface area (Å²) in [5.41, 5.74) is 0.479. The number of rotatable bonds is 5. The van der Waals surface area contributed by atoms with Crippen molar-refractivity contribution >= 4 is 5.78 Å². The van der Waals surface area contributed by atoms with Crippen molar-refractivity contribution < 1.29 is 31.5 Å². The number of carbonyl (C=O) groups is 1. The second kappa shape index (κ2) is 5.54. The van der Waals surface area contributed by atoms with Crippen LogP contribution in [0.1, 0.15) is 12.0 Å². The fraction of sp³-hybridized carbons (Fsp3) is 0.417. The topological polar surface area (TPSA) is 26.3 Å². The molecule has 0 unspecified atom stereocenters. The first-order valence-electron chi connectivity index (χ1n) is 5.29. The van der Waals surface area contributed by atoms with Gasteiger partial charge in [0.15, 0.2) is 0 Å². The third-order valence-electron chi connectivity index (χ3n) is 2.51. The molecule has 0 radical (unpaired) electrons. The van der Waals surface area contributed by atoms with Gasteiger partial charge in [0.05, 0.1) is 7.11 Å². The number of ether oxygens (including phenoxy) is 1. The first kappa shape index (κ1) is 15.4. The van der Waals surface area contributed by atoms with Gasteiger partial charge in [0.25, 0.3) is 0 Å². The van der Waals surface area contributed by atoms with Gasteiger partial charge in [-0.2, -0.15) is 22.0 Å². The van der Waals surface area contributed by atoms with Gasteiger partial charge in [0.1, 0.15) is 5.75 Å². The highest BCUT2D eigenvalue weighted by Crippen LogP contribution is 2.37. The first-order valence-corrected chi connectivity index (χ1v) is 5.29. The van der Waals surface area contributed by atoms with Crippen LogP contribution in [0.3, 0.4) is 0 Å². The Morgan fingerprint density at radius 1 is 1.11 bits per heavy atom. The van der Waals surface area contributed by atoms with Crippen molar-refractivity contribution in [1.82, 2.24) is 0 Å². The molecule has 0 amide bonds. The van der Waals surface area contributed by atoms with E-state index in [1.807, 2.05) is 0 Å². The Hall–Kier alpha value is -1.66. The molecule has 0 aliphatic rings. The molecule has 2 nitrogen and oxygen atoms in total. The Morgan fingerprint density at radius 2 is 1.63 bits per heavy atom. The molecule has 106 valence electrons. The fourth-order valence-corrected chi connectivity index (χ4v) is 1.37. The van der Waals surface area contributed by atoms with E-state index < -0.39 is 24.3 Å². The average Bonchev–Trinajstić information content (AvgIpc) is 2.35. The predicted octanol–water partition coefficient (Wildman–Crippen LogP) is 3.39. The summed E-state index contributed by atoms with van der Waals surface area (Å²) in [7, 11) is 1.43. The van der Waals surface area contributed by atoms with E-state index in [1.54, 1.807) is 0 Å². The lowest BCUT2D eigenvalue weighted by molar-refractivity contribution is -0.268. The smallest absolute Gasteiger partial charge is 0.461 e. The van der Waals surface area contributed by atoms with Crippen molar-refractivity contribution in [1.29, 1.82) is 0 Å². The maximum atomic E-state index is 12.7. The van der Waals surface area contributed by atoms with E-state index in [0.29, 0.717) is 11.3 Å². The van der Waals surface area contributed by atoms with E-state index >= 15 is 0 Å². The minimum atomic E-state index is -5.84. The molecule has 1 aromatic carbocycles. The van der Waals surface area contributed by atoms with Gasteiger partial charge in [-0.1, -0.05) is 12.1 Å². The van der Waals surface area contributed by atoms with Crippen LogP contribution < -0.4 is 4.74 Å². The monoisotopic (exact) mass is 282 g/mol. The molecule has 0 saturated carbocycles. The van der Waals surface area contributed by atoms with Crippen LogP contribution in [0.5, 0.6) is 5.75 Å². The van der Waals surface area contributed by atoms with E-state index in [4.69, 9.17) is 4.74 Å². The van der Waals surface area contributed by atoms with Gasteiger partial charge in [-0.3, -0.25) is 4.79 Å². The van der Waals surface area contributed by atoms with Gasteiger partial charge in [0.2, 0.25) is 5.78 Å². The Kier molecular flexibility index (Phi) is 4.49. The molecule has 0 aliphatic carbocycles. The third kappa shape index (κ3) is 3.65. The maximum Gasteiger partial charge on any atom is 0.461 e. The van der Waals surface area contributed by atoms with Gasteiger partial charge < -0.3 is 4.74 Å². The Balaban J connectivity index is 2.63. The molecule has 0 fully saturated rings. The second-order valence-electron chi connectivity index (χ2n) is 3.84. The lowest BCUT2D eigenvalue weighted by atomic mass is 10.0. The van der Waals surface area contributed by atoms with Crippen LogP contribution >= 0.6 is 0 Å². The third-order valence-corrected chi connectivity index (χ3v) is 2.51. The van der Waals surface area contributed by atoms with E-state index in [0.717, 1.165) is 0 Å².